The van der Waals surface area contributed by atoms with Crippen LogP contribution in [0, 0.1) is 5.92 Å². The first kappa shape index (κ1) is 13.1. The van der Waals surface area contributed by atoms with E-state index in [4.69, 9.17) is 4.74 Å². The lowest BCUT2D eigenvalue weighted by atomic mass is 9.83. The lowest BCUT2D eigenvalue weighted by molar-refractivity contribution is 0.0369. The Hall–Kier alpha value is -0.860. The van der Waals surface area contributed by atoms with Crippen molar-refractivity contribution in [1.29, 1.82) is 0 Å². The first-order valence-electron chi connectivity index (χ1n) is 7.82. The van der Waals surface area contributed by atoms with Crippen LogP contribution in [0.1, 0.15) is 50.2 Å². The quantitative estimate of drug-likeness (QED) is 0.769. The number of ether oxygens (including phenoxy) is 1. The molecule has 1 N–H and O–H groups in total. The molecule has 1 aromatic carbocycles. The van der Waals surface area contributed by atoms with Crippen molar-refractivity contribution in [1.82, 2.24) is 5.32 Å². The molecule has 2 fully saturated rings. The third-order valence-electron chi connectivity index (χ3n) is 4.41. The molecule has 19 heavy (non-hydrogen) atoms. The maximum Gasteiger partial charge on any atom is 0.0949 e. The van der Waals surface area contributed by atoms with Gasteiger partial charge in [0.05, 0.1) is 6.10 Å². The molecule has 2 aliphatic rings. The Balaban J connectivity index is 1.48. The molecule has 2 nitrogen and oxygen atoms in total. The molecule has 0 amide bonds. The average molecular weight is 259 g/mol. The molecular weight excluding hydrogens is 234 g/mol. The van der Waals surface area contributed by atoms with Crippen molar-refractivity contribution >= 4 is 0 Å². The summed E-state index contributed by atoms with van der Waals surface area (Å²) in [6.45, 7) is 1.87. The second kappa shape index (κ2) is 6.53. The Morgan fingerprint density at radius 3 is 2.53 bits per heavy atom. The van der Waals surface area contributed by atoms with Gasteiger partial charge >= 0.3 is 0 Å². The molecule has 0 aromatic heterocycles. The molecule has 0 spiro atoms. The lowest BCUT2D eigenvalue weighted by Gasteiger charge is -2.26. The fourth-order valence-corrected chi connectivity index (χ4v) is 2.66. The largest absolute Gasteiger partial charge is 0.372 e. The molecule has 0 aliphatic heterocycles. The highest BCUT2D eigenvalue weighted by atomic mass is 16.5. The van der Waals surface area contributed by atoms with Crippen LogP contribution >= 0.6 is 0 Å². The van der Waals surface area contributed by atoms with Crippen molar-refractivity contribution in [3.63, 3.8) is 0 Å². The summed E-state index contributed by atoms with van der Waals surface area (Å²) in [5.74, 6) is 0.938. The monoisotopic (exact) mass is 259 g/mol. The van der Waals surface area contributed by atoms with E-state index in [2.05, 4.69) is 35.6 Å². The maximum absolute atomic E-state index is 6.15. The summed E-state index contributed by atoms with van der Waals surface area (Å²) in [7, 11) is 0. The van der Waals surface area contributed by atoms with Gasteiger partial charge in [0.25, 0.3) is 0 Å². The second-order valence-electron chi connectivity index (χ2n) is 6.04. The number of hydrogen-bond donors (Lipinski definition) is 1. The summed E-state index contributed by atoms with van der Waals surface area (Å²) >= 11 is 0. The van der Waals surface area contributed by atoms with Crippen LogP contribution in [0.15, 0.2) is 30.3 Å². The summed E-state index contributed by atoms with van der Waals surface area (Å²) in [4.78, 5) is 0. The number of nitrogens with one attached hydrogen (secondary N) is 1. The molecule has 104 valence electrons. The SMILES string of the molecule is c1ccc(C(CNC2CC2)OCCC2CCC2)cc1. The van der Waals surface area contributed by atoms with Gasteiger partial charge in [0.1, 0.15) is 0 Å². The number of benzene rings is 1. The Kier molecular flexibility index (Phi) is 4.52. The summed E-state index contributed by atoms with van der Waals surface area (Å²) in [6.07, 6.45) is 8.40. The van der Waals surface area contributed by atoms with Crippen LogP contribution < -0.4 is 5.32 Å². The molecule has 0 bridgehead atoms. The smallest absolute Gasteiger partial charge is 0.0949 e. The predicted octanol–water partition coefficient (Wildman–Crippen LogP) is 3.69. The Labute approximate surface area is 116 Å². The van der Waals surface area contributed by atoms with Gasteiger partial charge in [-0.1, -0.05) is 49.6 Å². The van der Waals surface area contributed by atoms with Crippen molar-refractivity contribution in [2.24, 2.45) is 5.92 Å². The number of hydrogen-bond acceptors (Lipinski definition) is 2. The first-order valence-corrected chi connectivity index (χ1v) is 7.82. The third kappa shape index (κ3) is 4.05. The van der Waals surface area contributed by atoms with Gasteiger partial charge in [0, 0.05) is 19.2 Å². The van der Waals surface area contributed by atoms with Crippen molar-refractivity contribution in [3.8, 4) is 0 Å². The summed E-state index contributed by atoms with van der Waals surface area (Å²) < 4.78 is 6.15. The Bertz CT molecular complexity index is 370. The van der Waals surface area contributed by atoms with E-state index in [9.17, 15) is 0 Å². The van der Waals surface area contributed by atoms with Crippen molar-refractivity contribution < 1.29 is 4.74 Å². The highest BCUT2D eigenvalue weighted by molar-refractivity contribution is 5.18. The van der Waals surface area contributed by atoms with E-state index < -0.39 is 0 Å². The van der Waals surface area contributed by atoms with Gasteiger partial charge in [-0.05, 0) is 30.7 Å². The minimum atomic E-state index is 0.224. The summed E-state index contributed by atoms with van der Waals surface area (Å²) in [5.41, 5.74) is 1.31. The minimum absolute atomic E-state index is 0.224. The molecule has 2 aliphatic carbocycles. The van der Waals surface area contributed by atoms with Crippen LogP contribution in [-0.2, 0) is 4.74 Å². The fourth-order valence-electron chi connectivity index (χ4n) is 2.66. The van der Waals surface area contributed by atoms with E-state index in [1.54, 1.807) is 0 Å². The average Bonchev–Trinajstić information content (AvgIpc) is 3.21. The van der Waals surface area contributed by atoms with Crippen LogP contribution in [0.2, 0.25) is 0 Å². The third-order valence-corrected chi connectivity index (χ3v) is 4.41. The topological polar surface area (TPSA) is 21.3 Å². The fraction of sp³-hybridized carbons (Fsp3) is 0.647. The van der Waals surface area contributed by atoms with Crippen LogP contribution in [0.4, 0.5) is 0 Å². The highest BCUT2D eigenvalue weighted by Crippen LogP contribution is 2.30. The van der Waals surface area contributed by atoms with Crippen molar-refractivity contribution in [3.05, 3.63) is 35.9 Å². The van der Waals surface area contributed by atoms with E-state index in [1.807, 2.05) is 0 Å². The summed E-state index contributed by atoms with van der Waals surface area (Å²) in [5, 5.41) is 3.60. The Morgan fingerprint density at radius 2 is 1.89 bits per heavy atom. The molecular formula is C17H25NO. The molecule has 1 unspecified atom stereocenters. The lowest BCUT2D eigenvalue weighted by Crippen LogP contribution is -2.26. The minimum Gasteiger partial charge on any atom is -0.372 e. The van der Waals surface area contributed by atoms with Crippen LogP contribution in [0.25, 0.3) is 0 Å². The molecule has 0 radical (unpaired) electrons. The molecule has 1 aromatic rings. The number of rotatable bonds is 8. The Morgan fingerprint density at radius 1 is 1.11 bits per heavy atom. The van der Waals surface area contributed by atoms with Gasteiger partial charge in [0.15, 0.2) is 0 Å². The zero-order chi connectivity index (χ0) is 12.9. The van der Waals surface area contributed by atoms with Gasteiger partial charge in [-0.2, -0.15) is 0 Å². The van der Waals surface area contributed by atoms with E-state index in [-0.39, 0.29) is 6.10 Å². The molecule has 0 saturated heterocycles. The van der Waals surface area contributed by atoms with Crippen molar-refractivity contribution in [2.45, 2.75) is 50.7 Å². The van der Waals surface area contributed by atoms with Crippen LogP contribution in [-0.4, -0.2) is 19.2 Å². The standard InChI is InChI=1S/C17H25NO/c1-2-7-15(8-3-1)17(13-18-16-9-10-16)19-12-11-14-5-4-6-14/h1-3,7-8,14,16-18H,4-6,9-13H2. The van der Waals surface area contributed by atoms with Gasteiger partial charge in [-0.25, -0.2) is 0 Å². The van der Waals surface area contributed by atoms with Gasteiger partial charge < -0.3 is 10.1 Å². The van der Waals surface area contributed by atoms with E-state index in [1.165, 1.54) is 44.1 Å². The predicted molar refractivity (Wildman–Crippen MR) is 78.1 cm³/mol. The molecule has 3 rings (SSSR count). The second-order valence-corrected chi connectivity index (χ2v) is 6.04. The molecule has 1 atom stereocenters. The molecule has 2 heteroatoms. The van der Waals surface area contributed by atoms with Gasteiger partial charge in [0.2, 0.25) is 0 Å². The van der Waals surface area contributed by atoms with Crippen LogP contribution in [0.3, 0.4) is 0 Å². The highest BCUT2D eigenvalue weighted by Gasteiger charge is 2.23. The summed E-state index contributed by atoms with van der Waals surface area (Å²) in [6, 6.07) is 11.4. The zero-order valence-corrected chi connectivity index (χ0v) is 11.7. The van der Waals surface area contributed by atoms with E-state index >= 15 is 0 Å². The van der Waals surface area contributed by atoms with Crippen LogP contribution in [0.5, 0.6) is 0 Å². The van der Waals surface area contributed by atoms with Gasteiger partial charge in [-0.3, -0.25) is 0 Å². The first-order chi connectivity index (χ1) is 9.42. The molecule has 0 heterocycles. The molecule has 2 saturated carbocycles. The van der Waals surface area contributed by atoms with Gasteiger partial charge in [-0.15, -0.1) is 0 Å². The van der Waals surface area contributed by atoms with Crippen molar-refractivity contribution in [2.75, 3.05) is 13.2 Å². The zero-order valence-electron chi connectivity index (χ0n) is 11.7. The maximum atomic E-state index is 6.15. The normalized spacial score (nSPS) is 21.1. The van der Waals surface area contributed by atoms with E-state index in [0.717, 1.165) is 25.1 Å². The van der Waals surface area contributed by atoms with E-state index in [0.29, 0.717) is 0 Å².